The SMILES string of the molecule is c1ccc2nc(N3CCCC4CNCC43)ccc2c1. The van der Waals surface area contributed by atoms with Crippen molar-refractivity contribution in [1.82, 2.24) is 10.3 Å². The maximum Gasteiger partial charge on any atom is 0.129 e. The molecule has 1 aromatic carbocycles. The summed E-state index contributed by atoms with van der Waals surface area (Å²) in [5, 5.41) is 4.76. The fourth-order valence-electron chi connectivity index (χ4n) is 3.57. The predicted molar refractivity (Wildman–Crippen MR) is 78.5 cm³/mol. The molecule has 1 N–H and O–H groups in total. The van der Waals surface area contributed by atoms with E-state index in [1.165, 1.54) is 24.8 Å². The van der Waals surface area contributed by atoms with E-state index in [4.69, 9.17) is 4.98 Å². The van der Waals surface area contributed by atoms with Gasteiger partial charge in [0.2, 0.25) is 0 Å². The molecule has 2 aliphatic rings. The average molecular weight is 253 g/mol. The van der Waals surface area contributed by atoms with Crippen LogP contribution in [0.15, 0.2) is 36.4 Å². The van der Waals surface area contributed by atoms with Gasteiger partial charge >= 0.3 is 0 Å². The van der Waals surface area contributed by atoms with Crippen molar-refractivity contribution in [3.05, 3.63) is 36.4 Å². The molecule has 2 atom stereocenters. The second-order valence-electron chi connectivity index (χ2n) is 5.68. The number of para-hydroxylation sites is 1. The van der Waals surface area contributed by atoms with E-state index < -0.39 is 0 Å². The molecule has 4 rings (SSSR count). The number of piperidine rings is 1. The van der Waals surface area contributed by atoms with Gasteiger partial charge in [-0.2, -0.15) is 0 Å². The van der Waals surface area contributed by atoms with Crippen molar-refractivity contribution in [2.75, 3.05) is 24.5 Å². The Balaban J connectivity index is 1.72. The first kappa shape index (κ1) is 11.2. The Kier molecular flexibility index (Phi) is 2.66. The zero-order chi connectivity index (χ0) is 12.7. The zero-order valence-electron chi connectivity index (χ0n) is 11.0. The van der Waals surface area contributed by atoms with Gasteiger partial charge in [-0.05, 0) is 37.0 Å². The molecule has 2 saturated heterocycles. The minimum absolute atomic E-state index is 0.641. The lowest BCUT2D eigenvalue weighted by molar-refractivity contribution is 0.383. The van der Waals surface area contributed by atoms with Crippen molar-refractivity contribution < 1.29 is 0 Å². The van der Waals surface area contributed by atoms with Gasteiger partial charge in [-0.3, -0.25) is 0 Å². The summed E-state index contributed by atoms with van der Waals surface area (Å²) in [6, 6.07) is 13.4. The molecule has 0 radical (unpaired) electrons. The highest BCUT2D eigenvalue weighted by Gasteiger charge is 2.35. The van der Waals surface area contributed by atoms with Crippen LogP contribution >= 0.6 is 0 Å². The van der Waals surface area contributed by atoms with Gasteiger partial charge < -0.3 is 10.2 Å². The van der Waals surface area contributed by atoms with E-state index in [0.29, 0.717) is 6.04 Å². The Morgan fingerprint density at radius 2 is 2.05 bits per heavy atom. The number of hydrogen-bond donors (Lipinski definition) is 1. The number of pyridine rings is 1. The molecule has 19 heavy (non-hydrogen) atoms. The highest BCUT2D eigenvalue weighted by atomic mass is 15.3. The van der Waals surface area contributed by atoms with Crippen LogP contribution < -0.4 is 10.2 Å². The lowest BCUT2D eigenvalue weighted by Gasteiger charge is -2.38. The second-order valence-corrected chi connectivity index (χ2v) is 5.68. The van der Waals surface area contributed by atoms with Crippen LogP contribution in [0.2, 0.25) is 0 Å². The van der Waals surface area contributed by atoms with Crippen molar-refractivity contribution in [3.8, 4) is 0 Å². The van der Waals surface area contributed by atoms with E-state index in [0.717, 1.165) is 30.3 Å². The Hall–Kier alpha value is -1.61. The fraction of sp³-hybridized carbons (Fsp3) is 0.438. The number of hydrogen-bond acceptors (Lipinski definition) is 3. The van der Waals surface area contributed by atoms with Crippen molar-refractivity contribution >= 4 is 16.7 Å². The lowest BCUT2D eigenvalue weighted by Crippen LogP contribution is -2.45. The van der Waals surface area contributed by atoms with E-state index in [2.05, 4.69) is 46.6 Å². The number of anilines is 1. The van der Waals surface area contributed by atoms with Gasteiger partial charge in [-0.15, -0.1) is 0 Å². The van der Waals surface area contributed by atoms with Crippen LogP contribution in [0.3, 0.4) is 0 Å². The predicted octanol–water partition coefficient (Wildman–Crippen LogP) is 2.42. The van der Waals surface area contributed by atoms with Crippen LogP contribution in [0.5, 0.6) is 0 Å². The van der Waals surface area contributed by atoms with E-state index in [1.807, 2.05) is 0 Å². The van der Waals surface area contributed by atoms with Gasteiger partial charge in [-0.25, -0.2) is 4.98 Å². The molecule has 0 aliphatic carbocycles. The summed E-state index contributed by atoms with van der Waals surface area (Å²) in [6.45, 7) is 3.43. The van der Waals surface area contributed by atoms with Crippen molar-refractivity contribution in [1.29, 1.82) is 0 Å². The maximum absolute atomic E-state index is 4.86. The molecule has 3 heterocycles. The normalized spacial score (nSPS) is 26.6. The quantitative estimate of drug-likeness (QED) is 0.846. The summed E-state index contributed by atoms with van der Waals surface area (Å²) in [5.74, 6) is 1.96. The Morgan fingerprint density at radius 3 is 3.05 bits per heavy atom. The summed E-state index contributed by atoms with van der Waals surface area (Å²) in [7, 11) is 0. The fourth-order valence-corrected chi connectivity index (χ4v) is 3.57. The van der Waals surface area contributed by atoms with Crippen molar-refractivity contribution in [3.63, 3.8) is 0 Å². The summed E-state index contributed by atoms with van der Waals surface area (Å²) in [5.41, 5.74) is 1.10. The first-order valence-electron chi connectivity index (χ1n) is 7.25. The summed E-state index contributed by atoms with van der Waals surface area (Å²) in [6.07, 6.45) is 2.65. The number of nitrogens with zero attached hydrogens (tertiary/aromatic N) is 2. The van der Waals surface area contributed by atoms with Crippen LogP contribution in [0, 0.1) is 5.92 Å². The van der Waals surface area contributed by atoms with Crippen molar-refractivity contribution in [2.45, 2.75) is 18.9 Å². The molecule has 2 aromatic rings. The Labute approximate surface area is 113 Å². The van der Waals surface area contributed by atoms with Gasteiger partial charge in [0.1, 0.15) is 5.82 Å². The van der Waals surface area contributed by atoms with E-state index in [-0.39, 0.29) is 0 Å². The van der Waals surface area contributed by atoms with Crippen LogP contribution in [0.4, 0.5) is 5.82 Å². The third-order valence-corrected chi connectivity index (χ3v) is 4.56. The van der Waals surface area contributed by atoms with Gasteiger partial charge in [0.15, 0.2) is 0 Å². The molecule has 1 aromatic heterocycles. The molecular weight excluding hydrogens is 234 g/mol. The minimum atomic E-state index is 0.641. The molecular formula is C16H19N3. The molecule has 2 fully saturated rings. The second kappa shape index (κ2) is 4.49. The molecule has 3 heteroatoms. The third kappa shape index (κ3) is 1.89. The molecule has 2 aliphatic heterocycles. The maximum atomic E-state index is 4.86. The topological polar surface area (TPSA) is 28.2 Å². The van der Waals surface area contributed by atoms with Crippen LogP contribution in [0.1, 0.15) is 12.8 Å². The summed E-state index contributed by atoms with van der Waals surface area (Å²) in [4.78, 5) is 7.37. The average Bonchev–Trinajstić information content (AvgIpc) is 2.95. The molecule has 0 saturated carbocycles. The van der Waals surface area contributed by atoms with Gasteiger partial charge in [0, 0.05) is 31.1 Å². The van der Waals surface area contributed by atoms with E-state index in [9.17, 15) is 0 Å². The standard InChI is InChI=1S/C16H19N3/c1-2-6-14-12(4-1)7-8-16(18-14)19-9-3-5-13-10-17-11-15(13)19/h1-2,4,6-8,13,15,17H,3,5,9-11H2. The number of aromatic nitrogens is 1. The van der Waals surface area contributed by atoms with Crippen LogP contribution in [-0.4, -0.2) is 30.7 Å². The number of benzene rings is 1. The summed E-state index contributed by atoms with van der Waals surface area (Å²) >= 11 is 0. The van der Waals surface area contributed by atoms with Crippen LogP contribution in [-0.2, 0) is 0 Å². The van der Waals surface area contributed by atoms with Gasteiger partial charge in [0.25, 0.3) is 0 Å². The Morgan fingerprint density at radius 1 is 1.11 bits per heavy atom. The number of nitrogens with one attached hydrogen (secondary N) is 1. The zero-order valence-corrected chi connectivity index (χ0v) is 11.0. The third-order valence-electron chi connectivity index (χ3n) is 4.56. The molecule has 0 amide bonds. The number of fused-ring (bicyclic) bond motifs is 2. The highest BCUT2D eigenvalue weighted by Crippen LogP contribution is 2.30. The van der Waals surface area contributed by atoms with E-state index >= 15 is 0 Å². The molecule has 2 unspecified atom stereocenters. The Bertz CT molecular complexity index is 595. The van der Waals surface area contributed by atoms with Gasteiger partial charge in [0.05, 0.1) is 5.52 Å². The van der Waals surface area contributed by atoms with Crippen LogP contribution in [0.25, 0.3) is 10.9 Å². The molecule has 0 spiro atoms. The van der Waals surface area contributed by atoms with Gasteiger partial charge in [-0.1, -0.05) is 18.2 Å². The minimum Gasteiger partial charge on any atom is -0.352 e. The largest absolute Gasteiger partial charge is 0.352 e. The first-order chi connectivity index (χ1) is 9.42. The van der Waals surface area contributed by atoms with Crippen molar-refractivity contribution in [2.24, 2.45) is 5.92 Å². The van der Waals surface area contributed by atoms with E-state index in [1.54, 1.807) is 0 Å². The lowest BCUT2D eigenvalue weighted by atomic mass is 9.92. The highest BCUT2D eigenvalue weighted by molar-refractivity contribution is 5.80. The monoisotopic (exact) mass is 253 g/mol. The summed E-state index contributed by atoms with van der Waals surface area (Å²) < 4.78 is 0. The molecule has 98 valence electrons. The smallest absolute Gasteiger partial charge is 0.129 e. The first-order valence-corrected chi connectivity index (χ1v) is 7.25. The number of rotatable bonds is 1. The molecule has 3 nitrogen and oxygen atoms in total. The molecule has 0 bridgehead atoms.